The molecular weight excluding hydrogens is 219 g/mol. The molecule has 0 aromatic heterocycles. The van der Waals surface area contributed by atoms with Crippen molar-refractivity contribution in [3.05, 3.63) is 35.6 Å². The van der Waals surface area contributed by atoms with E-state index in [1.165, 1.54) is 12.1 Å². The molecule has 4 heteroatoms. The number of carbonyl (C=O) groups excluding carboxylic acids is 1. The average Bonchev–Trinajstić information content (AvgIpc) is 2.26. The van der Waals surface area contributed by atoms with E-state index in [0.29, 0.717) is 13.0 Å². The predicted molar refractivity (Wildman–Crippen MR) is 66.1 cm³/mol. The second kappa shape index (κ2) is 6.35. The first kappa shape index (κ1) is 13.6. The van der Waals surface area contributed by atoms with E-state index in [1.807, 2.05) is 6.92 Å². The van der Waals surface area contributed by atoms with Gasteiger partial charge in [-0.1, -0.05) is 19.1 Å². The van der Waals surface area contributed by atoms with Crippen molar-refractivity contribution in [2.75, 3.05) is 6.54 Å². The summed E-state index contributed by atoms with van der Waals surface area (Å²) in [5.41, 5.74) is 6.53. The molecule has 0 saturated carbocycles. The molecule has 94 valence electrons. The van der Waals surface area contributed by atoms with Crippen LogP contribution in [-0.4, -0.2) is 18.5 Å². The smallest absolute Gasteiger partial charge is 0.221 e. The van der Waals surface area contributed by atoms with Gasteiger partial charge in [0.05, 0.1) is 0 Å². The molecule has 0 aliphatic heterocycles. The molecule has 3 nitrogen and oxygen atoms in total. The number of hydrogen-bond donors (Lipinski definition) is 2. The Morgan fingerprint density at radius 3 is 2.47 bits per heavy atom. The summed E-state index contributed by atoms with van der Waals surface area (Å²) in [7, 11) is 0. The third-order valence-corrected chi connectivity index (χ3v) is 2.55. The molecule has 2 atom stereocenters. The van der Waals surface area contributed by atoms with Crippen molar-refractivity contribution in [3.8, 4) is 0 Å². The normalized spacial score (nSPS) is 14.1. The molecule has 17 heavy (non-hydrogen) atoms. The van der Waals surface area contributed by atoms with Crippen LogP contribution >= 0.6 is 0 Å². The van der Waals surface area contributed by atoms with Crippen LogP contribution in [-0.2, 0) is 4.79 Å². The molecule has 3 N–H and O–H groups in total. The first-order valence-corrected chi connectivity index (χ1v) is 5.76. The van der Waals surface area contributed by atoms with Gasteiger partial charge in [0.25, 0.3) is 0 Å². The van der Waals surface area contributed by atoms with Gasteiger partial charge in [-0.15, -0.1) is 0 Å². The van der Waals surface area contributed by atoms with Crippen LogP contribution < -0.4 is 11.1 Å². The number of rotatable bonds is 5. The van der Waals surface area contributed by atoms with Gasteiger partial charge in [0.15, 0.2) is 0 Å². The van der Waals surface area contributed by atoms with Crippen molar-refractivity contribution in [1.82, 2.24) is 5.32 Å². The fraction of sp³-hybridized carbons (Fsp3) is 0.462. The maximum atomic E-state index is 12.7. The van der Waals surface area contributed by atoms with Gasteiger partial charge < -0.3 is 11.1 Å². The number of hydrogen-bond acceptors (Lipinski definition) is 2. The molecule has 1 aromatic carbocycles. The molecular formula is C13H19FN2O. The molecule has 0 radical (unpaired) electrons. The minimum Gasteiger partial charge on any atom is -0.355 e. The quantitative estimate of drug-likeness (QED) is 0.821. The lowest BCUT2D eigenvalue weighted by Crippen LogP contribution is -2.32. The second-order valence-corrected chi connectivity index (χ2v) is 4.44. The zero-order chi connectivity index (χ0) is 12.8. The molecule has 1 amide bonds. The number of nitrogens with two attached hydrogens (primary N) is 1. The van der Waals surface area contributed by atoms with Crippen molar-refractivity contribution in [1.29, 1.82) is 0 Å². The van der Waals surface area contributed by atoms with Gasteiger partial charge in [-0.3, -0.25) is 4.79 Å². The van der Waals surface area contributed by atoms with Crippen molar-refractivity contribution >= 4 is 5.91 Å². The first-order chi connectivity index (χ1) is 7.99. The summed E-state index contributed by atoms with van der Waals surface area (Å²) in [6.07, 6.45) is 0.330. The van der Waals surface area contributed by atoms with Crippen LogP contribution in [0.25, 0.3) is 0 Å². The minimum absolute atomic E-state index is 0.0473. The van der Waals surface area contributed by atoms with Crippen molar-refractivity contribution < 1.29 is 9.18 Å². The third-order valence-electron chi connectivity index (χ3n) is 2.55. The highest BCUT2D eigenvalue weighted by molar-refractivity contribution is 5.76. The molecule has 1 rings (SSSR count). The molecule has 0 fully saturated rings. The molecule has 0 aliphatic rings. The van der Waals surface area contributed by atoms with E-state index < -0.39 is 0 Å². The Balaban J connectivity index is 2.42. The van der Waals surface area contributed by atoms with E-state index in [-0.39, 0.29) is 23.7 Å². The summed E-state index contributed by atoms with van der Waals surface area (Å²) in [5, 5.41) is 2.81. The Hall–Kier alpha value is -1.42. The van der Waals surface area contributed by atoms with Crippen LogP contribution in [0.15, 0.2) is 24.3 Å². The Morgan fingerprint density at radius 1 is 1.35 bits per heavy atom. The van der Waals surface area contributed by atoms with Gasteiger partial charge >= 0.3 is 0 Å². The van der Waals surface area contributed by atoms with E-state index in [4.69, 9.17) is 5.73 Å². The van der Waals surface area contributed by atoms with Crippen LogP contribution in [0.5, 0.6) is 0 Å². The minimum atomic E-state index is -0.248. The van der Waals surface area contributed by atoms with Gasteiger partial charge in [-0.2, -0.15) is 0 Å². The van der Waals surface area contributed by atoms with Gasteiger partial charge in [-0.05, 0) is 30.5 Å². The molecule has 1 aromatic rings. The standard InChI is InChI=1S/C13H19FN2O/c1-9(8-16-13(17)7-10(2)15)11-3-5-12(14)6-4-11/h3-6,9-10H,7-8,15H2,1-2H3,(H,16,17). The lowest BCUT2D eigenvalue weighted by atomic mass is 10.0. The van der Waals surface area contributed by atoms with Crippen LogP contribution in [0.1, 0.15) is 31.7 Å². The number of amides is 1. The fourth-order valence-corrected chi connectivity index (χ4v) is 1.54. The molecule has 0 saturated heterocycles. The number of nitrogens with one attached hydrogen (secondary N) is 1. The zero-order valence-corrected chi connectivity index (χ0v) is 10.2. The van der Waals surface area contributed by atoms with E-state index in [2.05, 4.69) is 5.32 Å². The maximum absolute atomic E-state index is 12.7. The topological polar surface area (TPSA) is 55.1 Å². The number of halogens is 1. The lowest BCUT2D eigenvalue weighted by molar-refractivity contribution is -0.121. The SMILES string of the molecule is CC(N)CC(=O)NCC(C)c1ccc(F)cc1. The summed E-state index contributed by atoms with van der Waals surface area (Å²) in [4.78, 5) is 11.4. The molecule has 0 spiro atoms. The van der Waals surface area contributed by atoms with Crippen molar-refractivity contribution in [3.63, 3.8) is 0 Å². The highest BCUT2D eigenvalue weighted by Gasteiger charge is 2.09. The maximum Gasteiger partial charge on any atom is 0.221 e. The average molecular weight is 238 g/mol. The summed E-state index contributed by atoms with van der Waals surface area (Å²) < 4.78 is 12.7. The van der Waals surface area contributed by atoms with Crippen molar-refractivity contribution in [2.45, 2.75) is 32.2 Å². The summed E-state index contributed by atoms with van der Waals surface area (Å²) in [5.74, 6) is -0.136. The monoisotopic (exact) mass is 238 g/mol. The van der Waals surface area contributed by atoms with Crippen LogP contribution in [0, 0.1) is 5.82 Å². The number of benzene rings is 1. The van der Waals surface area contributed by atoms with Gasteiger partial charge in [-0.25, -0.2) is 4.39 Å². The lowest BCUT2D eigenvalue weighted by Gasteiger charge is -2.13. The third kappa shape index (κ3) is 4.95. The van der Waals surface area contributed by atoms with Crippen LogP contribution in [0.3, 0.4) is 0 Å². The second-order valence-electron chi connectivity index (χ2n) is 4.44. The number of carbonyl (C=O) groups is 1. The predicted octanol–water partition coefficient (Wildman–Crippen LogP) is 1.78. The zero-order valence-electron chi connectivity index (χ0n) is 10.2. The molecule has 0 heterocycles. The Kier molecular flexibility index (Phi) is 5.10. The van der Waals surface area contributed by atoms with Gasteiger partial charge in [0.2, 0.25) is 5.91 Å². The highest BCUT2D eigenvalue weighted by Crippen LogP contribution is 2.14. The molecule has 0 aliphatic carbocycles. The highest BCUT2D eigenvalue weighted by atomic mass is 19.1. The van der Waals surface area contributed by atoms with E-state index in [9.17, 15) is 9.18 Å². The Morgan fingerprint density at radius 2 is 1.94 bits per heavy atom. The Labute approximate surface area is 101 Å². The largest absolute Gasteiger partial charge is 0.355 e. The van der Waals surface area contributed by atoms with Gasteiger partial charge in [0.1, 0.15) is 5.82 Å². The van der Waals surface area contributed by atoms with Crippen molar-refractivity contribution in [2.24, 2.45) is 5.73 Å². The van der Waals surface area contributed by atoms with Crippen LogP contribution in [0.4, 0.5) is 4.39 Å². The van der Waals surface area contributed by atoms with E-state index in [0.717, 1.165) is 5.56 Å². The summed E-state index contributed by atoms with van der Waals surface area (Å²) in [6, 6.07) is 6.19. The summed E-state index contributed by atoms with van der Waals surface area (Å²) >= 11 is 0. The fourth-order valence-electron chi connectivity index (χ4n) is 1.54. The molecule has 2 unspecified atom stereocenters. The molecule has 0 bridgehead atoms. The summed E-state index contributed by atoms with van der Waals surface area (Å²) in [6.45, 7) is 4.32. The van der Waals surface area contributed by atoms with Crippen LogP contribution in [0.2, 0.25) is 0 Å². The first-order valence-electron chi connectivity index (χ1n) is 5.76. The Bertz CT molecular complexity index is 362. The van der Waals surface area contributed by atoms with E-state index >= 15 is 0 Å². The van der Waals surface area contributed by atoms with E-state index in [1.54, 1.807) is 19.1 Å². The van der Waals surface area contributed by atoms with Gasteiger partial charge in [0, 0.05) is 19.0 Å².